The molecule has 1 amide bonds. The number of hydrogen-bond acceptors (Lipinski definition) is 5. The number of nitrogens with zero attached hydrogens (tertiary/aromatic N) is 3. The zero-order valence-electron chi connectivity index (χ0n) is 14.2. The Bertz CT molecular complexity index is 698. The fourth-order valence-electron chi connectivity index (χ4n) is 3.06. The van der Waals surface area contributed by atoms with Crippen LogP contribution in [0.25, 0.3) is 5.57 Å². The largest absolute Gasteiger partial charge is 0.444 e. The summed E-state index contributed by atoms with van der Waals surface area (Å²) in [7, 11) is 0. The number of carbonyl (C=O) groups is 1. The first-order valence-corrected chi connectivity index (χ1v) is 8.03. The predicted octanol–water partition coefficient (Wildman–Crippen LogP) is 2.74. The molecule has 0 saturated carbocycles. The molecule has 0 N–H and O–H groups in total. The lowest BCUT2D eigenvalue weighted by molar-refractivity contribution is -0.0510. The zero-order valence-corrected chi connectivity index (χ0v) is 14.2. The van der Waals surface area contributed by atoms with Crippen LogP contribution < -0.4 is 0 Å². The maximum atomic E-state index is 12.5. The molecule has 3 rings (SSSR count). The maximum Gasteiger partial charge on any atom is 0.411 e. The van der Waals surface area contributed by atoms with E-state index in [4.69, 9.17) is 14.7 Å². The number of rotatable bonds is 1. The molecule has 2 aliphatic heterocycles. The Kier molecular flexibility index (Phi) is 4.29. The highest BCUT2D eigenvalue weighted by atomic mass is 16.6. The van der Waals surface area contributed by atoms with Crippen LogP contribution in [0, 0.1) is 11.3 Å². The van der Waals surface area contributed by atoms with Crippen molar-refractivity contribution in [1.29, 1.82) is 5.26 Å². The van der Waals surface area contributed by atoms with Crippen molar-refractivity contribution in [3.05, 3.63) is 35.7 Å². The Morgan fingerprint density at radius 3 is 2.79 bits per heavy atom. The number of nitriles is 1. The molecule has 126 valence electrons. The lowest BCUT2D eigenvalue weighted by atomic mass is 9.90. The van der Waals surface area contributed by atoms with Crippen LogP contribution in [0.1, 0.15) is 38.4 Å². The molecular formula is C18H21N3O3. The van der Waals surface area contributed by atoms with Gasteiger partial charge in [0.05, 0.1) is 25.3 Å². The van der Waals surface area contributed by atoms with Gasteiger partial charge in [-0.2, -0.15) is 5.26 Å². The smallest absolute Gasteiger partial charge is 0.411 e. The van der Waals surface area contributed by atoms with Gasteiger partial charge >= 0.3 is 6.09 Å². The average molecular weight is 327 g/mol. The van der Waals surface area contributed by atoms with E-state index in [2.05, 4.69) is 4.98 Å². The Hall–Kier alpha value is -2.39. The molecule has 2 atom stereocenters. The maximum absolute atomic E-state index is 12.5. The molecule has 3 heterocycles. The number of amides is 1. The van der Waals surface area contributed by atoms with Crippen molar-refractivity contribution in [3.8, 4) is 6.07 Å². The SMILES string of the molecule is CC(C)(C)OC(=O)N1C2C=C(c3ccc(C#N)nc3)CC1COC2. The van der Waals surface area contributed by atoms with Crippen LogP contribution in [0.4, 0.5) is 4.79 Å². The summed E-state index contributed by atoms with van der Waals surface area (Å²) < 4.78 is 11.2. The molecular weight excluding hydrogens is 306 g/mol. The van der Waals surface area contributed by atoms with E-state index in [0.717, 1.165) is 11.1 Å². The summed E-state index contributed by atoms with van der Waals surface area (Å²) in [5.41, 5.74) is 1.99. The third kappa shape index (κ3) is 3.41. The molecule has 1 fully saturated rings. The van der Waals surface area contributed by atoms with E-state index >= 15 is 0 Å². The van der Waals surface area contributed by atoms with Crippen LogP contribution >= 0.6 is 0 Å². The highest BCUT2D eigenvalue weighted by molar-refractivity contribution is 5.74. The van der Waals surface area contributed by atoms with E-state index in [1.54, 1.807) is 17.2 Å². The van der Waals surface area contributed by atoms with Gasteiger partial charge in [0.1, 0.15) is 17.4 Å². The predicted molar refractivity (Wildman–Crippen MR) is 88.0 cm³/mol. The van der Waals surface area contributed by atoms with Crippen molar-refractivity contribution >= 4 is 11.7 Å². The van der Waals surface area contributed by atoms with Crippen LogP contribution in [0.3, 0.4) is 0 Å². The number of fused-ring (bicyclic) bond motifs is 2. The second-order valence-corrected chi connectivity index (χ2v) is 7.09. The third-order valence-electron chi connectivity index (χ3n) is 4.05. The van der Waals surface area contributed by atoms with E-state index in [9.17, 15) is 4.79 Å². The number of carbonyl (C=O) groups excluding carboxylic acids is 1. The first kappa shape index (κ1) is 16.5. The van der Waals surface area contributed by atoms with Gasteiger partial charge in [-0.1, -0.05) is 12.1 Å². The summed E-state index contributed by atoms with van der Waals surface area (Å²) in [6.07, 6.45) is 4.14. The van der Waals surface area contributed by atoms with Crippen LogP contribution in [0.15, 0.2) is 24.4 Å². The fraction of sp³-hybridized carbons (Fsp3) is 0.500. The van der Waals surface area contributed by atoms with Gasteiger partial charge in [0, 0.05) is 6.20 Å². The molecule has 1 aromatic rings. The minimum atomic E-state index is -0.521. The van der Waals surface area contributed by atoms with Crippen molar-refractivity contribution in [1.82, 2.24) is 9.88 Å². The standard InChI is InChI=1S/C18H21N3O3/c1-18(2,3)24-17(22)21-15-6-13(7-16(21)11-23-10-15)12-4-5-14(8-19)20-9-12/h4-6,9,15-16H,7,10-11H2,1-3H3. The fourth-order valence-corrected chi connectivity index (χ4v) is 3.06. The van der Waals surface area contributed by atoms with Crippen LogP contribution in [0.2, 0.25) is 0 Å². The van der Waals surface area contributed by atoms with Crippen LogP contribution in [0.5, 0.6) is 0 Å². The lowest BCUT2D eigenvalue weighted by Crippen LogP contribution is -2.57. The highest BCUT2D eigenvalue weighted by Gasteiger charge is 2.40. The van der Waals surface area contributed by atoms with Crippen LogP contribution in [-0.4, -0.2) is 46.9 Å². The van der Waals surface area contributed by atoms with Gasteiger partial charge in [0.25, 0.3) is 0 Å². The van der Waals surface area contributed by atoms with Gasteiger partial charge in [-0.3, -0.25) is 4.90 Å². The summed E-state index contributed by atoms with van der Waals surface area (Å²) >= 11 is 0. The molecule has 6 nitrogen and oxygen atoms in total. The summed E-state index contributed by atoms with van der Waals surface area (Å²) in [5.74, 6) is 0. The van der Waals surface area contributed by atoms with Gasteiger partial charge in [-0.05, 0) is 44.4 Å². The highest BCUT2D eigenvalue weighted by Crippen LogP contribution is 2.33. The van der Waals surface area contributed by atoms with Gasteiger partial charge in [-0.15, -0.1) is 0 Å². The first-order chi connectivity index (χ1) is 11.4. The van der Waals surface area contributed by atoms with E-state index < -0.39 is 5.60 Å². The van der Waals surface area contributed by atoms with Gasteiger partial charge in [-0.25, -0.2) is 9.78 Å². The van der Waals surface area contributed by atoms with E-state index in [0.29, 0.717) is 25.3 Å². The van der Waals surface area contributed by atoms with Gasteiger partial charge in [0.2, 0.25) is 0 Å². The monoisotopic (exact) mass is 327 g/mol. The Morgan fingerprint density at radius 2 is 2.21 bits per heavy atom. The third-order valence-corrected chi connectivity index (χ3v) is 4.05. The second kappa shape index (κ2) is 6.25. The molecule has 1 saturated heterocycles. The summed E-state index contributed by atoms with van der Waals surface area (Å²) in [6.45, 7) is 6.56. The normalized spacial score (nSPS) is 23.2. The summed E-state index contributed by atoms with van der Waals surface area (Å²) in [6, 6.07) is 5.44. The molecule has 1 aromatic heterocycles. The van der Waals surface area contributed by atoms with E-state index in [1.807, 2.05) is 39.0 Å². The van der Waals surface area contributed by atoms with Crippen molar-refractivity contribution in [3.63, 3.8) is 0 Å². The zero-order chi connectivity index (χ0) is 17.3. The van der Waals surface area contributed by atoms with E-state index in [1.165, 1.54) is 0 Å². The second-order valence-electron chi connectivity index (χ2n) is 7.09. The van der Waals surface area contributed by atoms with Crippen molar-refractivity contribution in [2.45, 2.75) is 44.9 Å². The van der Waals surface area contributed by atoms with Crippen LogP contribution in [-0.2, 0) is 9.47 Å². The van der Waals surface area contributed by atoms with Crippen molar-refractivity contribution < 1.29 is 14.3 Å². The van der Waals surface area contributed by atoms with E-state index in [-0.39, 0.29) is 18.2 Å². The lowest BCUT2D eigenvalue weighted by Gasteiger charge is -2.44. The number of pyridine rings is 1. The Morgan fingerprint density at radius 1 is 1.42 bits per heavy atom. The molecule has 2 bridgehead atoms. The number of morpholine rings is 1. The van der Waals surface area contributed by atoms with Gasteiger partial charge < -0.3 is 9.47 Å². The minimum Gasteiger partial charge on any atom is -0.444 e. The van der Waals surface area contributed by atoms with Gasteiger partial charge in [0.15, 0.2) is 0 Å². The summed E-state index contributed by atoms with van der Waals surface area (Å²) in [4.78, 5) is 18.4. The number of ether oxygens (including phenoxy) is 2. The molecule has 0 aromatic carbocycles. The summed E-state index contributed by atoms with van der Waals surface area (Å²) in [5, 5.41) is 8.86. The topological polar surface area (TPSA) is 75.5 Å². The molecule has 24 heavy (non-hydrogen) atoms. The Balaban J connectivity index is 1.84. The molecule has 2 unspecified atom stereocenters. The molecule has 0 aliphatic carbocycles. The van der Waals surface area contributed by atoms with Crippen molar-refractivity contribution in [2.75, 3.05) is 13.2 Å². The molecule has 6 heteroatoms. The quantitative estimate of drug-likeness (QED) is 0.793. The first-order valence-electron chi connectivity index (χ1n) is 8.03. The average Bonchev–Trinajstić information content (AvgIpc) is 2.52. The number of aromatic nitrogens is 1. The number of hydrogen-bond donors (Lipinski definition) is 0. The molecule has 2 aliphatic rings. The molecule has 0 radical (unpaired) electrons. The minimum absolute atomic E-state index is 0.0470. The molecule has 0 spiro atoms. The van der Waals surface area contributed by atoms with Crippen molar-refractivity contribution in [2.24, 2.45) is 0 Å². The Labute approximate surface area is 141 Å².